The van der Waals surface area contributed by atoms with Crippen LogP contribution in [0.2, 0.25) is 0 Å². The average Bonchev–Trinajstić information content (AvgIpc) is 2.48. The summed E-state index contributed by atoms with van der Waals surface area (Å²) in [7, 11) is 0. The molecule has 0 radical (unpaired) electrons. The molecule has 0 heterocycles. The summed E-state index contributed by atoms with van der Waals surface area (Å²) in [6.45, 7) is 2.24. The Morgan fingerprint density at radius 3 is 2.35 bits per heavy atom. The number of rotatable bonds is 7. The molecule has 0 spiro atoms. The van der Waals surface area contributed by atoms with Gasteiger partial charge in [0.25, 0.3) is 0 Å². The number of benzene rings is 2. The molecule has 0 unspecified atom stereocenters. The van der Waals surface area contributed by atoms with E-state index in [0.29, 0.717) is 11.4 Å². The molecule has 2 rings (SSSR count). The number of nitrogen functional groups attached to an aromatic ring is 1. The van der Waals surface area contributed by atoms with Crippen molar-refractivity contribution in [2.45, 2.75) is 39.0 Å². The van der Waals surface area contributed by atoms with Gasteiger partial charge in [0.1, 0.15) is 11.5 Å². The Hall–Kier alpha value is -1.96. The van der Waals surface area contributed by atoms with E-state index in [4.69, 9.17) is 10.5 Å². The lowest BCUT2D eigenvalue weighted by Gasteiger charge is -2.09. The van der Waals surface area contributed by atoms with Crippen molar-refractivity contribution in [1.82, 2.24) is 0 Å². The fourth-order valence-electron chi connectivity index (χ4n) is 2.18. The maximum Gasteiger partial charge on any atom is 0.150 e. The van der Waals surface area contributed by atoms with E-state index in [1.807, 2.05) is 36.4 Å². The van der Waals surface area contributed by atoms with Gasteiger partial charge in [0.05, 0.1) is 5.69 Å². The highest BCUT2D eigenvalue weighted by atomic mass is 16.5. The summed E-state index contributed by atoms with van der Waals surface area (Å²) in [4.78, 5) is 0. The molecule has 2 nitrogen and oxygen atoms in total. The van der Waals surface area contributed by atoms with Crippen molar-refractivity contribution >= 4 is 5.69 Å². The van der Waals surface area contributed by atoms with Gasteiger partial charge >= 0.3 is 0 Å². The van der Waals surface area contributed by atoms with Crippen LogP contribution >= 0.6 is 0 Å². The molecule has 2 aromatic rings. The van der Waals surface area contributed by atoms with Gasteiger partial charge in [0, 0.05) is 0 Å². The van der Waals surface area contributed by atoms with Gasteiger partial charge in [0.2, 0.25) is 0 Å². The van der Waals surface area contributed by atoms with E-state index in [2.05, 4.69) is 19.1 Å². The number of para-hydroxylation sites is 2. The van der Waals surface area contributed by atoms with Gasteiger partial charge < -0.3 is 10.5 Å². The largest absolute Gasteiger partial charge is 0.455 e. The molecule has 0 aliphatic heterocycles. The molecule has 0 saturated heterocycles. The zero-order valence-corrected chi connectivity index (χ0v) is 12.1. The van der Waals surface area contributed by atoms with Crippen LogP contribution in [0.4, 0.5) is 5.69 Å². The van der Waals surface area contributed by atoms with Gasteiger partial charge in [-0.15, -0.1) is 0 Å². The molecule has 0 aromatic heterocycles. The van der Waals surface area contributed by atoms with E-state index in [0.717, 1.165) is 12.2 Å². The second-order valence-electron chi connectivity index (χ2n) is 5.09. The molecule has 2 N–H and O–H groups in total. The Bertz CT molecular complexity index is 519. The van der Waals surface area contributed by atoms with Crippen molar-refractivity contribution < 1.29 is 4.74 Å². The van der Waals surface area contributed by atoms with E-state index in [1.54, 1.807) is 0 Å². The number of nitrogens with two attached hydrogens (primary N) is 1. The van der Waals surface area contributed by atoms with E-state index >= 15 is 0 Å². The van der Waals surface area contributed by atoms with Gasteiger partial charge in [0.15, 0.2) is 0 Å². The Labute approximate surface area is 121 Å². The Kier molecular flexibility index (Phi) is 5.48. The number of unbranched alkanes of at least 4 members (excludes halogenated alkanes) is 3. The molecule has 0 saturated carbocycles. The summed E-state index contributed by atoms with van der Waals surface area (Å²) in [6, 6.07) is 15.9. The van der Waals surface area contributed by atoms with Crippen LogP contribution in [0.25, 0.3) is 0 Å². The van der Waals surface area contributed by atoms with E-state index < -0.39 is 0 Å². The van der Waals surface area contributed by atoms with Crippen molar-refractivity contribution in [3.8, 4) is 11.5 Å². The zero-order chi connectivity index (χ0) is 14.2. The van der Waals surface area contributed by atoms with Crippen LogP contribution in [0, 0.1) is 0 Å². The molecular weight excluding hydrogens is 246 g/mol. The average molecular weight is 269 g/mol. The molecule has 0 aliphatic rings. The third-order valence-corrected chi connectivity index (χ3v) is 3.39. The molecule has 0 atom stereocenters. The predicted octanol–water partition coefficient (Wildman–Crippen LogP) is 5.18. The summed E-state index contributed by atoms with van der Waals surface area (Å²) in [5.74, 6) is 1.54. The first-order valence-corrected chi connectivity index (χ1v) is 7.41. The Balaban J connectivity index is 1.90. The van der Waals surface area contributed by atoms with Crippen molar-refractivity contribution in [1.29, 1.82) is 0 Å². The minimum absolute atomic E-state index is 0.663. The quantitative estimate of drug-likeness (QED) is 0.555. The highest BCUT2D eigenvalue weighted by Crippen LogP contribution is 2.27. The summed E-state index contributed by atoms with van der Waals surface area (Å²) < 4.78 is 5.78. The van der Waals surface area contributed by atoms with Gasteiger partial charge in [-0.2, -0.15) is 0 Å². The molecule has 20 heavy (non-hydrogen) atoms. The lowest BCUT2D eigenvalue weighted by molar-refractivity contribution is 0.485. The topological polar surface area (TPSA) is 35.2 Å². The SMILES string of the molecule is CCCCCCc1ccc(Oc2ccccc2N)cc1. The molecule has 106 valence electrons. The van der Waals surface area contributed by atoms with Crippen molar-refractivity contribution in [3.05, 3.63) is 54.1 Å². The molecule has 0 bridgehead atoms. The van der Waals surface area contributed by atoms with Crippen molar-refractivity contribution in [2.75, 3.05) is 5.73 Å². The molecule has 2 aromatic carbocycles. The van der Waals surface area contributed by atoms with Crippen LogP contribution in [0.15, 0.2) is 48.5 Å². The first-order valence-electron chi connectivity index (χ1n) is 7.41. The second kappa shape index (κ2) is 7.59. The predicted molar refractivity (Wildman–Crippen MR) is 85.2 cm³/mol. The fourth-order valence-corrected chi connectivity index (χ4v) is 2.18. The first kappa shape index (κ1) is 14.4. The molecule has 0 fully saturated rings. The van der Waals surface area contributed by atoms with Gasteiger partial charge in [-0.1, -0.05) is 50.5 Å². The summed E-state index contributed by atoms with van der Waals surface area (Å²) >= 11 is 0. The lowest BCUT2D eigenvalue weighted by atomic mass is 10.1. The number of hydrogen-bond donors (Lipinski definition) is 1. The number of aryl methyl sites for hydroxylation is 1. The molecular formula is C18H23NO. The maximum atomic E-state index is 5.87. The highest BCUT2D eigenvalue weighted by molar-refractivity contribution is 5.53. The van der Waals surface area contributed by atoms with E-state index in [9.17, 15) is 0 Å². The van der Waals surface area contributed by atoms with Crippen molar-refractivity contribution in [2.24, 2.45) is 0 Å². The van der Waals surface area contributed by atoms with Crippen LogP contribution in [-0.2, 0) is 6.42 Å². The molecule has 2 heteroatoms. The molecule has 0 amide bonds. The summed E-state index contributed by atoms with van der Waals surface area (Å²) in [6.07, 6.45) is 6.34. The van der Waals surface area contributed by atoms with Crippen LogP contribution < -0.4 is 10.5 Å². The van der Waals surface area contributed by atoms with Crippen LogP contribution in [0.5, 0.6) is 11.5 Å². The van der Waals surface area contributed by atoms with Gasteiger partial charge in [-0.05, 0) is 42.7 Å². The summed E-state index contributed by atoms with van der Waals surface area (Å²) in [5.41, 5.74) is 7.90. The first-order chi connectivity index (χ1) is 9.79. The Morgan fingerprint density at radius 1 is 0.900 bits per heavy atom. The number of hydrogen-bond acceptors (Lipinski definition) is 2. The number of ether oxygens (including phenoxy) is 1. The third-order valence-electron chi connectivity index (χ3n) is 3.39. The van der Waals surface area contributed by atoms with Crippen LogP contribution in [0.1, 0.15) is 38.2 Å². The standard InChI is InChI=1S/C18H23NO/c1-2-3-4-5-8-15-11-13-16(14-12-15)20-18-10-7-6-9-17(18)19/h6-7,9-14H,2-5,8,19H2,1H3. The van der Waals surface area contributed by atoms with Crippen molar-refractivity contribution in [3.63, 3.8) is 0 Å². The highest BCUT2D eigenvalue weighted by Gasteiger charge is 2.01. The fraction of sp³-hybridized carbons (Fsp3) is 0.333. The monoisotopic (exact) mass is 269 g/mol. The van der Waals surface area contributed by atoms with E-state index in [-0.39, 0.29) is 0 Å². The van der Waals surface area contributed by atoms with Crippen LogP contribution in [0.3, 0.4) is 0 Å². The third kappa shape index (κ3) is 4.30. The minimum atomic E-state index is 0.663. The number of anilines is 1. The molecule has 0 aliphatic carbocycles. The second-order valence-corrected chi connectivity index (χ2v) is 5.09. The Morgan fingerprint density at radius 2 is 1.65 bits per heavy atom. The smallest absolute Gasteiger partial charge is 0.150 e. The normalized spacial score (nSPS) is 10.4. The summed E-state index contributed by atoms with van der Waals surface area (Å²) in [5, 5.41) is 0. The minimum Gasteiger partial charge on any atom is -0.455 e. The lowest BCUT2D eigenvalue weighted by Crippen LogP contribution is -1.92. The van der Waals surface area contributed by atoms with E-state index in [1.165, 1.54) is 31.2 Å². The maximum absolute atomic E-state index is 5.87. The zero-order valence-electron chi connectivity index (χ0n) is 12.1. The van der Waals surface area contributed by atoms with Gasteiger partial charge in [-0.25, -0.2) is 0 Å². The van der Waals surface area contributed by atoms with Crippen LogP contribution in [-0.4, -0.2) is 0 Å². The van der Waals surface area contributed by atoms with Gasteiger partial charge in [-0.3, -0.25) is 0 Å².